The molecule has 3 rings (SSSR count). The van der Waals surface area contributed by atoms with Gasteiger partial charge in [-0.3, -0.25) is 9.59 Å². The number of hydrogen-bond acceptors (Lipinski definition) is 8. The second-order valence-electron chi connectivity index (χ2n) is 8.88. The first-order valence-corrected chi connectivity index (χ1v) is 12.2. The van der Waals surface area contributed by atoms with Crippen LogP contribution in [0.1, 0.15) is 37.4 Å². The minimum Gasteiger partial charge on any atom is -0.458 e. The summed E-state index contributed by atoms with van der Waals surface area (Å²) in [5.74, 6) is -1.48. The topological polar surface area (TPSA) is 105 Å². The molecule has 0 saturated carbocycles. The largest absolute Gasteiger partial charge is 0.458 e. The quantitative estimate of drug-likeness (QED) is 0.129. The van der Waals surface area contributed by atoms with Crippen LogP contribution >= 0.6 is 0 Å². The van der Waals surface area contributed by atoms with Gasteiger partial charge in [0, 0.05) is 0 Å². The highest BCUT2D eigenvalue weighted by molar-refractivity contribution is 5.90. The normalized spacial score (nSPS) is 13.7. The average Bonchev–Trinajstić information content (AvgIpc) is 2.96. The Labute approximate surface area is 227 Å². The van der Waals surface area contributed by atoms with E-state index in [1.807, 2.05) is 19.9 Å². The molecule has 0 N–H and O–H groups in total. The Bertz CT molecular complexity index is 1260. The number of carbonyl (C=O) groups excluding carboxylic acids is 4. The molecule has 0 aliphatic carbocycles. The lowest BCUT2D eigenvalue weighted by atomic mass is 9.93. The molecule has 0 bridgehead atoms. The maximum Gasteiger partial charge on any atom is 0.338 e. The first-order valence-electron chi connectivity index (χ1n) is 12.2. The third kappa shape index (κ3) is 7.72. The molecular weight excluding hydrogens is 500 g/mol. The van der Waals surface area contributed by atoms with E-state index >= 15 is 0 Å². The van der Waals surface area contributed by atoms with Gasteiger partial charge in [-0.05, 0) is 49.8 Å². The minimum atomic E-state index is -1.94. The van der Waals surface area contributed by atoms with Crippen molar-refractivity contribution in [1.29, 1.82) is 0 Å². The number of rotatable bonds is 14. The van der Waals surface area contributed by atoms with Crippen molar-refractivity contribution < 1.29 is 38.1 Å². The molecule has 202 valence electrons. The van der Waals surface area contributed by atoms with Crippen molar-refractivity contribution in [1.82, 2.24) is 0 Å². The Kier molecular flexibility index (Phi) is 10.3. The molecule has 0 amide bonds. The van der Waals surface area contributed by atoms with E-state index in [-0.39, 0.29) is 24.2 Å². The molecule has 39 heavy (non-hydrogen) atoms. The van der Waals surface area contributed by atoms with E-state index in [2.05, 4.69) is 6.58 Å². The van der Waals surface area contributed by atoms with Crippen LogP contribution in [0.3, 0.4) is 0 Å². The molecule has 0 aliphatic heterocycles. The Balaban J connectivity index is 1.92. The van der Waals surface area contributed by atoms with E-state index in [4.69, 9.17) is 18.9 Å². The lowest BCUT2D eigenvalue weighted by molar-refractivity contribution is -0.176. The molecule has 0 heterocycles. The maximum atomic E-state index is 13.0. The molecule has 8 heteroatoms. The van der Waals surface area contributed by atoms with Crippen molar-refractivity contribution in [2.75, 3.05) is 6.61 Å². The van der Waals surface area contributed by atoms with Crippen LogP contribution in [0.15, 0.2) is 91.5 Å². The predicted octanol–water partition coefficient (Wildman–Crippen LogP) is 4.57. The number of aldehydes is 1. The third-order valence-corrected chi connectivity index (χ3v) is 6.03. The molecule has 3 aromatic carbocycles. The van der Waals surface area contributed by atoms with Crippen LogP contribution in [0, 0.1) is 13.8 Å². The van der Waals surface area contributed by atoms with E-state index < -0.39 is 36.4 Å². The number of aryl methyl sites for hydroxylation is 2. The zero-order chi connectivity index (χ0) is 28.3. The predicted molar refractivity (Wildman–Crippen MR) is 143 cm³/mol. The molecule has 0 spiro atoms. The summed E-state index contributed by atoms with van der Waals surface area (Å²) in [7, 11) is 0. The van der Waals surface area contributed by atoms with Gasteiger partial charge >= 0.3 is 11.9 Å². The van der Waals surface area contributed by atoms with E-state index in [1.165, 1.54) is 0 Å². The highest BCUT2D eigenvalue weighted by Crippen LogP contribution is 2.26. The van der Waals surface area contributed by atoms with Crippen LogP contribution in [0.25, 0.3) is 0 Å². The summed E-state index contributed by atoms with van der Waals surface area (Å²) in [4.78, 5) is 49.8. The van der Waals surface area contributed by atoms with Gasteiger partial charge in [0.25, 0.3) is 6.47 Å². The second kappa shape index (κ2) is 13.8. The van der Waals surface area contributed by atoms with Gasteiger partial charge in [-0.15, -0.1) is 0 Å². The van der Waals surface area contributed by atoms with Crippen LogP contribution < -0.4 is 0 Å². The summed E-state index contributed by atoms with van der Waals surface area (Å²) in [5.41, 5.74) is 1.15. The Morgan fingerprint density at radius 1 is 0.846 bits per heavy atom. The maximum absolute atomic E-state index is 13.0. The molecule has 3 atom stereocenters. The molecule has 0 aliphatic rings. The summed E-state index contributed by atoms with van der Waals surface area (Å²) in [5, 5.41) is 0. The zero-order valence-electron chi connectivity index (χ0n) is 21.8. The number of hydrogen-bond donors (Lipinski definition) is 0. The summed E-state index contributed by atoms with van der Waals surface area (Å²) >= 11 is 0. The summed E-state index contributed by atoms with van der Waals surface area (Å²) in [6.07, 6.45) is -1.40. The molecule has 0 unspecified atom stereocenters. The van der Waals surface area contributed by atoms with E-state index in [0.29, 0.717) is 6.29 Å². The number of ether oxygens (including phenoxy) is 4. The lowest BCUT2D eigenvalue weighted by Crippen LogP contribution is -2.55. The van der Waals surface area contributed by atoms with Gasteiger partial charge in [0.05, 0.1) is 17.7 Å². The fraction of sp³-hybridized carbons (Fsp3) is 0.226. The van der Waals surface area contributed by atoms with Gasteiger partial charge in [0.15, 0.2) is 24.1 Å². The monoisotopic (exact) mass is 530 g/mol. The smallest absolute Gasteiger partial charge is 0.338 e. The van der Waals surface area contributed by atoms with Crippen molar-refractivity contribution >= 4 is 24.7 Å². The second-order valence-corrected chi connectivity index (χ2v) is 8.88. The zero-order valence-corrected chi connectivity index (χ0v) is 21.8. The van der Waals surface area contributed by atoms with Gasteiger partial charge in [0.2, 0.25) is 0 Å². The fourth-order valence-corrected chi connectivity index (χ4v) is 3.74. The van der Waals surface area contributed by atoms with Crippen molar-refractivity contribution in [3.8, 4) is 0 Å². The summed E-state index contributed by atoms with van der Waals surface area (Å²) < 4.78 is 22.3. The number of carbonyl (C=O) groups is 4. The van der Waals surface area contributed by atoms with Crippen LogP contribution in [0.2, 0.25) is 0 Å². The van der Waals surface area contributed by atoms with Crippen molar-refractivity contribution in [3.63, 3.8) is 0 Å². The number of esters is 2. The van der Waals surface area contributed by atoms with Gasteiger partial charge < -0.3 is 18.9 Å². The standard InChI is InChI=1S/C31H30O8/c1-4-31(20-32,38-18-24-8-6-5-7-9-24)28(37-21-33)27(39-30(35)26-16-12-23(3)13-17-26)19-36-29(34)25-14-10-22(2)11-15-25/h4-17,20-21,27-28H,1,18-19H2,2-3H3/t27-,28-,31+/m1/s1. The van der Waals surface area contributed by atoms with Gasteiger partial charge in [-0.25, -0.2) is 9.59 Å². The first kappa shape index (κ1) is 29.0. The van der Waals surface area contributed by atoms with Gasteiger partial charge in [-0.2, -0.15) is 0 Å². The summed E-state index contributed by atoms with van der Waals surface area (Å²) in [6, 6.07) is 22.2. The molecule has 8 nitrogen and oxygen atoms in total. The molecule has 0 aromatic heterocycles. The highest BCUT2D eigenvalue weighted by atomic mass is 16.6. The van der Waals surface area contributed by atoms with Crippen molar-refractivity contribution in [3.05, 3.63) is 119 Å². The Hall–Kier alpha value is -4.56. The van der Waals surface area contributed by atoms with Crippen molar-refractivity contribution in [2.45, 2.75) is 38.3 Å². The molecule has 0 saturated heterocycles. The number of benzene rings is 3. The molecule has 3 aromatic rings. The van der Waals surface area contributed by atoms with E-state index in [9.17, 15) is 19.2 Å². The van der Waals surface area contributed by atoms with Crippen LogP contribution in [0.4, 0.5) is 0 Å². The Morgan fingerprint density at radius 3 is 1.92 bits per heavy atom. The first-order chi connectivity index (χ1) is 18.8. The van der Waals surface area contributed by atoms with Gasteiger partial charge in [0.1, 0.15) is 6.61 Å². The highest BCUT2D eigenvalue weighted by Gasteiger charge is 2.47. The Morgan fingerprint density at radius 2 is 1.41 bits per heavy atom. The fourth-order valence-electron chi connectivity index (χ4n) is 3.74. The van der Waals surface area contributed by atoms with Gasteiger partial charge in [-0.1, -0.05) is 72.3 Å². The van der Waals surface area contributed by atoms with E-state index in [1.54, 1.807) is 72.8 Å². The van der Waals surface area contributed by atoms with Crippen LogP contribution in [-0.4, -0.2) is 49.1 Å². The molecule has 0 radical (unpaired) electrons. The third-order valence-electron chi connectivity index (χ3n) is 6.03. The average molecular weight is 531 g/mol. The van der Waals surface area contributed by atoms with Crippen LogP contribution in [0.5, 0.6) is 0 Å². The van der Waals surface area contributed by atoms with Crippen molar-refractivity contribution in [2.24, 2.45) is 0 Å². The van der Waals surface area contributed by atoms with Crippen LogP contribution in [-0.2, 0) is 35.1 Å². The molecule has 0 fully saturated rings. The SMILES string of the molecule is C=C[C@@](C=O)(OCc1ccccc1)[C@H](OC=O)[C@@H](COC(=O)c1ccc(C)cc1)OC(=O)c1ccc(C)cc1. The minimum absolute atomic E-state index is 0.0495. The molecular formula is C31H30O8. The van der Waals surface area contributed by atoms with E-state index in [0.717, 1.165) is 22.8 Å². The lowest BCUT2D eigenvalue weighted by Gasteiger charge is -2.36. The summed E-state index contributed by atoms with van der Waals surface area (Å²) in [6.45, 7) is 6.95.